The average Bonchev–Trinajstić information content (AvgIpc) is 2.75. The van der Waals surface area contributed by atoms with E-state index in [1.54, 1.807) is 4.68 Å². The first-order valence-corrected chi connectivity index (χ1v) is 8.26. The Morgan fingerprint density at radius 1 is 1.22 bits per heavy atom. The van der Waals surface area contributed by atoms with Crippen LogP contribution in [0.25, 0.3) is 0 Å². The Morgan fingerprint density at radius 2 is 1.83 bits per heavy atom. The Labute approximate surface area is 142 Å². The summed E-state index contributed by atoms with van der Waals surface area (Å²) in [5.41, 5.74) is 3.42. The Balaban J connectivity index is 2.21. The standard InChI is InChI=1S/C18H24ClN3O/c1-11(2)13(4)20-18(23)16-14(5)21-22(17(16)19)10-15-8-6-12(3)7-9-15/h6-9,11,13H,10H2,1-5H3,(H,20,23)/t13-/m1/s1. The van der Waals surface area contributed by atoms with Crippen molar-refractivity contribution in [2.75, 3.05) is 0 Å². The molecule has 4 nitrogen and oxygen atoms in total. The first-order chi connectivity index (χ1) is 10.8. The quantitative estimate of drug-likeness (QED) is 0.899. The predicted molar refractivity (Wildman–Crippen MR) is 94.0 cm³/mol. The molecule has 23 heavy (non-hydrogen) atoms. The van der Waals surface area contributed by atoms with E-state index in [0.29, 0.717) is 28.9 Å². The predicted octanol–water partition coefficient (Wildman–Crippen LogP) is 3.98. The minimum Gasteiger partial charge on any atom is -0.349 e. The lowest BCUT2D eigenvalue weighted by Crippen LogP contribution is -2.36. The number of halogens is 1. The minimum absolute atomic E-state index is 0.0819. The number of nitrogens with zero attached hydrogens (tertiary/aromatic N) is 2. The number of rotatable bonds is 5. The lowest BCUT2D eigenvalue weighted by molar-refractivity contribution is 0.0930. The Kier molecular flexibility index (Phi) is 5.47. The first kappa shape index (κ1) is 17.5. The summed E-state index contributed by atoms with van der Waals surface area (Å²) in [7, 11) is 0. The van der Waals surface area contributed by atoms with Crippen LogP contribution < -0.4 is 5.32 Å². The molecule has 0 aliphatic heterocycles. The number of nitrogens with one attached hydrogen (secondary N) is 1. The van der Waals surface area contributed by atoms with Crippen molar-refractivity contribution in [3.05, 3.63) is 51.8 Å². The van der Waals surface area contributed by atoms with Gasteiger partial charge in [-0.25, -0.2) is 4.68 Å². The second kappa shape index (κ2) is 7.18. The van der Waals surface area contributed by atoms with Crippen LogP contribution >= 0.6 is 11.6 Å². The molecule has 0 spiro atoms. The molecule has 1 aromatic carbocycles. The van der Waals surface area contributed by atoms with Crippen LogP contribution in [0.3, 0.4) is 0 Å². The molecule has 0 radical (unpaired) electrons. The molecule has 1 N–H and O–H groups in total. The summed E-state index contributed by atoms with van der Waals surface area (Å²) in [6.45, 7) is 10.5. The third kappa shape index (κ3) is 4.14. The van der Waals surface area contributed by atoms with E-state index in [0.717, 1.165) is 5.56 Å². The van der Waals surface area contributed by atoms with E-state index in [9.17, 15) is 4.79 Å². The Morgan fingerprint density at radius 3 is 2.39 bits per heavy atom. The van der Waals surface area contributed by atoms with Gasteiger partial charge in [0.15, 0.2) is 0 Å². The molecular weight excluding hydrogens is 310 g/mol. The number of benzene rings is 1. The number of aromatic nitrogens is 2. The molecule has 0 saturated heterocycles. The second-order valence-corrected chi connectivity index (χ2v) is 6.76. The molecular formula is C18H24ClN3O. The van der Waals surface area contributed by atoms with E-state index in [1.165, 1.54) is 5.56 Å². The molecule has 0 fully saturated rings. The molecule has 2 rings (SSSR count). The maximum absolute atomic E-state index is 12.5. The summed E-state index contributed by atoms with van der Waals surface area (Å²) in [6.07, 6.45) is 0. The van der Waals surface area contributed by atoms with E-state index < -0.39 is 0 Å². The Hall–Kier alpha value is -1.81. The number of carbonyl (C=O) groups excluding carboxylic acids is 1. The van der Waals surface area contributed by atoms with Crippen molar-refractivity contribution < 1.29 is 4.79 Å². The zero-order chi connectivity index (χ0) is 17.1. The Bertz CT molecular complexity index is 689. The average molecular weight is 334 g/mol. The zero-order valence-electron chi connectivity index (χ0n) is 14.4. The van der Waals surface area contributed by atoms with Crippen molar-refractivity contribution in [2.45, 2.75) is 47.2 Å². The highest BCUT2D eigenvalue weighted by Crippen LogP contribution is 2.21. The smallest absolute Gasteiger partial charge is 0.256 e. The highest BCUT2D eigenvalue weighted by molar-refractivity contribution is 6.33. The van der Waals surface area contributed by atoms with Crippen LogP contribution in [-0.4, -0.2) is 21.7 Å². The number of hydrogen-bond acceptors (Lipinski definition) is 2. The molecule has 0 saturated carbocycles. The van der Waals surface area contributed by atoms with E-state index in [2.05, 4.69) is 36.4 Å². The maximum Gasteiger partial charge on any atom is 0.256 e. The molecule has 1 heterocycles. The lowest BCUT2D eigenvalue weighted by atomic mass is 10.1. The van der Waals surface area contributed by atoms with E-state index in [-0.39, 0.29) is 11.9 Å². The molecule has 1 atom stereocenters. The number of aryl methyl sites for hydroxylation is 2. The SMILES string of the molecule is Cc1ccc(Cn2nc(C)c(C(=O)N[C@H](C)C(C)C)c2Cl)cc1. The van der Waals surface area contributed by atoms with Crippen molar-refractivity contribution in [1.82, 2.24) is 15.1 Å². The van der Waals surface area contributed by atoms with Crippen LogP contribution in [0.2, 0.25) is 5.15 Å². The van der Waals surface area contributed by atoms with Crippen molar-refractivity contribution in [3.63, 3.8) is 0 Å². The molecule has 0 unspecified atom stereocenters. The van der Waals surface area contributed by atoms with Crippen molar-refractivity contribution >= 4 is 17.5 Å². The molecule has 2 aromatic rings. The summed E-state index contributed by atoms with van der Waals surface area (Å²) in [4.78, 5) is 12.5. The fourth-order valence-corrected chi connectivity index (χ4v) is 2.55. The maximum atomic E-state index is 12.5. The lowest BCUT2D eigenvalue weighted by Gasteiger charge is -2.17. The van der Waals surface area contributed by atoms with Gasteiger partial charge in [-0.2, -0.15) is 5.10 Å². The van der Waals surface area contributed by atoms with E-state index in [4.69, 9.17) is 11.6 Å². The van der Waals surface area contributed by atoms with Crippen LogP contribution in [0.5, 0.6) is 0 Å². The molecule has 5 heteroatoms. The van der Waals surface area contributed by atoms with Crippen molar-refractivity contribution in [1.29, 1.82) is 0 Å². The molecule has 0 aliphatic carbocycles. The highest BCUT2D eigenvalue weighted by atomic mass is 35.5. The highest BCUT2D eigenvalue weighted by Gasteiger charge is 2.22. The number of amides is 1. The molecule has 0 bridgehead atoms. The molecule has 1 aromatic heterocycles. The third-order valence-electron chi connectivity index (χ3n) is 4.10. The molecule has 124 valence electrons. The van der Waals surface area contributed by atoms with Gasteiger partial charge < -0.3 is 5.32 Å². The van der Waals surface area contributed by atoms with Crippen LogP contribution in [0.4, 0.5) is 0 Å². The van der Waals surface area contributed by atoms with Crippen LogP contribution in [-0.2, 0) is 6.54 Å². The molecule has 1 amide bonds. The number of carbonyl (C=O) groups is 1. The van der Waals surface area contributed by atoms with Crippen LogP contribution in [0.1, 0.15) is 48.0 Å². The van der Waals surface area contributed by atoms with Gasteiger partial charge in [-0.15, -0.1) is 0 Å². The topological polar surface area (TPSA) is 46.9 Å². The van der Waals surface area contributed by atoms with Gasteiger partial charge in [0.2, 0.25) is 0 Å². The van der Waals surface area contributed by atoms with E-state index in [1.807, 2.05) is 32.9 Å². The van der Waals surface area contributed by atoms with Gasteiger partial charge in [0.25, 0.3) is 5.91 Å². The number of hydrogen-bond donors (Lipinski definition) is 1. The molecule has 0 aliphatic rings. The van der Waals surface area contributed by atoms with Gasteiger partial charge in [0.1, 0.15) is 5.15 Å². The summed E-state index contributed by atoms with van der Waals surface area (Å²) in [6, 6.07) is 8.28. The van der Waals surface area contributed by atoms with Crippen LogP contribution in [0, 0.1) is 19.8 Å². The summed E-state index contributed by atoms with van der Waals surface area (Å²) < 4.78 is 1.68. The monoisotopic (exact) mass is 333 g/mol. The van der Waals surface area contributed by atoms with E-state index >= 15 is 0 Å². The largest absolute Gasteiger partial charge is 0.349 e. The fraction of sp³-hybridized carbons (Fsp3) is 0.444. The van der Waals surface area contributed by atoms with Gasteiger partial charge in [0.05, 0.1) is 17.8 Å². The second-order valence-electron chi connectivity index (χ2n) is 6.40. The summed E-state index contributed by atoms with van der Waals surface area (Å²) >= 11 is 6.41. The third-order valence-corrected chi connectivity index (χ3v) is 4.49. The first-order valence-electron chi connectivity index (χ1n) is 7.89. The van der Waals surface area contributed by atoms with Crippen molar-refractivity contribution in [3.8, 4) is 0 Å². The summed E-state index contributed by atoms with van der Waals surface area (Å²) in [5, 5.41) is 7.80. The summed E-state index contributed by atoms with van der Waals surface area (Å²) in [5.74, 6) is 0.199. The van der Waals surface area contributed by atoms with Gasteiger partial charge in [0, 0.05) is 6.04 Å². The van der Waals surface area contributed by atoms with Gasteiger partial charge in [-0.3, -0.25) is 4.79 Å². The zero-order valence-corrected chi connectivity index (χ0v) is 15.1. The minimum atomic E-state index is -0.163. The van der Waals surface area contributed by atoms with Gasteiger partial charge in [-0.05, 0) is 32.3 Å². The van der Waals surface area contributed by atoms with Gasteiger partial charge >= 0.3 is 0 Å². The normalized spacial score (nSPS) is 12.5. The van der Waals surface area contributed by atoms with Gasteiger partial charge in [-0.1, -0.05) is 55.3 Å². The fourth-order valence-electron chi connectivity index (χ4n) is 2.23. The van der Waals surface area contributed by atoms with Crippen molar-refractivity contribution in [2.24, 2.45) is 5.92 Å². The van der Waals surface area contributed by atoms with Crippen LogP contribution in [0.15, 0.2) is 24.3 Å².